The van der Waals surface area contributed by atoms with Gasteiger partial charge in [-0.3, -0.25) is 33.7 Å². The normalized spacial score (nSPS) is 18.4. The van der Waals surface area contributed by atoms with Crippen LogP contribution in [0.15, 0.2) is 83.5 Å². The third-order valence-electron chi connectivity index (χ3n) is 17.6. The highest BCUT2D eigenvalue weighted by Gasteiger charge is 2.45. The van der Waals surface area contributed by atoms with Crippen LogP contribution in [0.2, 0.25) is 0 Å². The van der Waals surface area contributed by atoms with E-state index in [0.717, 1.165) is 65.9 Å². The van der Waals surface area contributed by atoms with Crippen LogP contribution >= 0.6 is 11.3 Å². The van der Waals surface area contributed by atoms with Crippen molar-refractivity contribution in [3.05, 3.63) is 123 Å². The minimum atomic E-state index is -0.974. The van der Waals surface area contributed by atoms with Gasteiger partial charge in [0.05, 0.1) is 53.9 Å². The van der Waals surface area contributed by atoms with E-state index in [1.54, 1.807) is 54.0 Å². The van der Waals surface area contributed by atoms with Gasteiger partial charge in [-0.25, -0.2) is 15.0 Å². The first-order valence-electron chi connectivity index (χ1n) is 31.4. The van der Waals surface area contributed by atoms with Crippen LogP contribution in [0.5, 0.6) is 0 Å². The predicted octanol–water partition coefficient (Wildman–Crippen LogP) is 6.93. The minimum Gasteiger partial charge on any atom is -0.392 e. The van der Waals surface area contributed by atoms with Gasteiger partial charge in [0, 0.05) is 108 Å². The van der Waals surface area contributed by atoms with E-state index in [1.807, 2.05) is 80.6 Å². The summed E-state index contributed by atoms with van der Waals surface area (Å²) in [6.45, 7) is 17.5. The number of β-amino-alcohol motifs (C(OH)–C–C–N with tert-alkyl or cyclic N) is 1. The molecule has 90 heavy (non-hydrogen) atoms. The lowest BCUT2D eigenvalue weighted by molar-refractivity contribution is -0.144. The van der Waals surface area contributed by atoms with E-state index in [0.29, 0.717) is 85.5 Å². The lowest BCUT2D eigenvalue weighted by atomic mass is 9.85. The number of aliphatic hydroxyl groups is 2. The fourth-order valence-electron chi connectivity index (χ4n) is 12.9. The maximum absolute atomic E-state index is 14.0. The molecule has 5 aromatic heterocycles. The zero-order valence-corrected chi connectivity index (χ0v) is 53.9. The smallest absolute Gasteiger partial charge is 0.276 e. The van der Waals surface area contributed by atoms with E-state index in [2.05, 4.69) is 61.1 Å². The molecule has 8 heterocycles. The van der Waals surface area contributed by atoms with Gasteiger partial charge in [-0.15, -0.1) is 11.3 Å². The second kappa shape index (κ2) is 28.1. The molecule has 3 aliphatic heterocycles. The molecule has 480 valence electrons. The van der Waals surface area contributed by atoms with Crippen molar-refractivity contribution in [1.82, 2.24) is 44.5 Å². The van der Waals surface area contributed by atoms with Crippen molar-refractivity contribution >= 4 is 63.9 Å². The fourth-order valence-corrected chi connectivity index (χ4v) is 13.7. The van der Waals surface area contributed by atoms with Crippen LogP contribution in [-0.4, -0.2) is 157 Å². The number of aliphatic hydroxyl groups excluding tert-OH is 2. The van der Waals surface area contributed by atoms with E-state index in [1.165, 1.54) is 20.7 Å². The van der Waals surface area contributed by atoms with Crippen LogP contribution in [0.1, 0.15) is 119 Å². The molecule has 2 saturated heterocycles. The summed E-state index contributed by atoms with van der Waals surface area (Å²) in [5.41, 5.74) is 10.00. The summed E-state index contributed by atoms with van der Waals surface area (Å²) in [6, 6.07) is 15.4. The number of benzene rings is 1. The molecule has 5 amide bonds. The number of pyridine rings is 3. The first-order chi connectivity index (χ1) is 43.1. The number of nitrogens with one attached hydrogen (secondary N) is 3. The molecule has 22 nitrogen and oxygen atoms in total. The second-order valence-electron chi connectivity index (χ2n) is 26.2. The number of aryl methyl sites for hydroxylation is 2. The molecule has 10 rings (SSSR count). The van der Waals surface area contributed by atoms with Gasteiger partial charge in [-0.2, -0.15) is 0 Å². The Balaban J connectivity index is 0.607. The number of nitrogens with zero attached hydrogens (tertiary/aromatic N) is 9. The Morgan fingerprint density at radius 2 is 1.66 bits per heavy atom. The van der Waals surface area contributed by atoms with Gasteiger partial charge >= 0.3 is 0 Å². The van der Waals surface area contributed by atoms with E-state index in [9.17, 15) is 39.0 Å². The molecule has 5 N–H and O–H groups in total. The van der Waals surface area contributed by atoms with E-state index >= 15 is 0 Å². The van der Waals surface area contributed by atoms with Gasteiger partial charge in [0.1, 0.15) is 41.7 Å². The monoisotopic (exact) mass is 1250 g/mol. The van der Waals surface area contributed by atoms with Crippen molar-refractivity contribution in [3.63, 3.8) is 0 Å². The maximum atomic E-state index is 14.0. The average Bonchev–Trinajstić information content (AvgIpc) is 1.62. The Morgan fingerprint density at radius 3 is 2.38 bits per heavy atom. The highest BCUT2D eigenvalue weighted by atomic mass is 32.1. The Bertz CT molecular complexity index is 3630. The van der Waals surface area contributed by atoms with Crippen molar-refractivity contribution in [1.29, 1.82) is 0 Å². The zero-order chi connectivity index (χ0) is 64.0. The number of aromatic nitrogens is 5. The number of thiazole rings is 1. The minimum absolute atomic E-state index is 0.0236. The summed E-state index contributed by atoms with van der Waals surface area (Å²) in [5.74, 6) is -0.442. The standard InChI is InChI=1S/C67H86N12O10S/c1-42-36-75(22-23-76(42)48-18-19-56(69-35-48)72-52-29-47(37-74(8)63(52)85)50-20-21-68-61(51(50)39-80)78-25-24-77-54(64(78)86)30-46-32-67(6,7)33-55(46)77)58(83)13-11-9-10-12-26-88-27-28-89-40-57(82)73-60(66(3,4)5)65(87)79-38-49(81)31-53(79)62(84)70-34-44-14-16-45(17-15-44)59-43(2)71-41-90-59/h14-21,29-30,35,37,41-42,49,53,60,80-81H,9-13,22-28,31-34,36,38-40H2,1-8H3,(H,69,72)(H,70,84)(H,73,82). The van der Waals surface area contributed by atoms with Crippen molar-refractivity contribution < 1.29 is 43.7 Å². The molecule has 23 heteroatoms. The highest BCUT2D eigenvalue weighted by molar-refractivity contribution is 7.13. The van der Waals surface area contributed by atoms with Crippen molar-refractivity contribution in [2.24, 2.45) is 17.9 Å². The number of amides is 5. The Labute approximate surface area is 530 Å². The number of anilines is 4. The van der Waals surface area contributed by atoms with Crippen molar-refractivity contribution in [2.45, 2.75) is 144 Å². The lowest BCUT2D eigenvalue weighted by Crippen LogP contribution is -2.58. The lowest BCUT2D eigenvalue weighted by Gasteiger charge is -2.41. The molecule has 1 aliphatic carbocycles. The maximum Gasteiger partial charge on any atom is 0.276 e. The van der Waals surface area contributed by atoms with Gasteiger partial charge in [0.15, 0.2) is 0 Å². The molecule has 4 unspecified atom stereocenters. The molecule has 4 atom stereocenters. The molecule has 2 fully saturated rings. The van der Waals surface area contributed by atoms with Crippen LogP contribution in [0.25, 0.3) is 21.6 Å². The highest BCUT2D eigenvalue weighted by Crippen LogP contribution is 2.41. The van der Waals surface area contributed by atoms with Gasteiger partial charge in [0.2, 0.25) is 23.6 Å². The summed E-state index contributed by atoms with van der Waals surface area (Å²) in [4.78, 5) is 103. The largest absolute Gasteiger partial charge is 0.392 e. The molecule has 0 bridgehead atoms. The number of carbonyl (C=O) groups is 5. The fraction of sp³-hybridized carbons (Fsp3) is 0.507. The van der Waals surface area contributed by atoms with Crippen LogP contribution in [-0.2, 0) is 68.2 Å². The van der Waals surface area contributed by atoms with Gasteiger partial charge in [-0.05, 0) is 103 Å². The van der Waals surface area contributed by atoms with Gasteiger partial charge in [0.25, 0.3) is 11.5 Å². The summed E-state index contributed by atoms with van der Waals surface area (Å²) in [7, 11) is 1.67. The third kappa shape index (κ3) is 15.0. The number of hydrogen-bond donors (Lipinski definition) is 5. The summed E-state index contributed by atoms with van der Waals surface area (Å²) >= 11 is 1.57. The van der Waals surface area contributed by atoms with Gasteiger partial charge in [-0.1, -0.05) is 71.7 Å². The Kier molecular flexibility index (Phi) is 20.4. The number of fused-ring (bicyclic) bond motifs is 3. The first kappa shape index (κ1) is 65.1. The van der Waals surface area contributed by atoms with Crippen LogP contribution in [0.4, 0.5) is 23.0 Å². The average molecular weight is 1250 g/mol. The van der Waals surface area contributed by atoms with Gasteiger partial charge < -0.3 is 59.5 Å². The second-order valence-corrected chi connectivity index (χ2v) is 27.0. The summed E-state index contributed by atoms with van der Waals surface area (Å²) < 4.78 is 15.0. The van der Waals surface area contributed by atoms with E-state index in [4.69, 9.17) is 9.47 Å². The van der Waals surface area contributed by atoms with Crippen molar-refractivity contribution in [2.75, 3.05) is 74.3 Å². The predicted molar refractivity (Wildman–Crippen MR) is 345 cm³/mol. The molecular weight excluding hydrogens is 1160 g/mol. The number of rotatable bonds is 24. The first-order valence-corrected chi connectivity index (χ1v) is 32.3. The molecule has 6 aromatic rings. The molecule has 4 aliphatic rings. The molecule has 0 saturated carbocycles. The van der Waals surface area contributed by atoms with Crippen molar-refractivity contribution in [3.8, 4) is 21.6 Å². The summed E-state index contributed by atoms with van der Waals surface area (Å²) in [5, 5.41) is 30.4. The quantitative estimate of drug-likeness (QED) is 0.0385. The Morgan fingerprint density at radius 1 is 0.878 bits per heavy atom. The number of hydrogen-bond acceptors (Lipinski definition) is 16. The SMILES string of the molecule is Cc1ncsc1-c1ccc(CNC(=O)C2CC(O)CN2C(=O)C(NC(=O)COCCOCCCCCCC(=O)N2CCN(c3ccc(Nc4cc(-c5ccnc(N6CCn7c(cc8c7CC(C)(C)C8)C6=O)c5CO)cn(C)c4=O)nc3)C(C)C2)C(C)(C)C)cc1. The molecule has 0 radical (unpaired) electrons. The number of carbonyl (C=O) groups excluding carboxylic acids is 5. The number of piperazine rings is 1. The molecular formula is C67H86N12O10S. The molecule has 1 aromatic carbocycles. The third-order valence-corrected chi connectivity index (χ3v) is 18.6. The Hall–Kier alpha value is -7.83. The van der Waals surface area contributed by atoms with Crippen LogP contribution < -0.4 is 31.3 Å². The van der Waals surface area contributed by atoms with E-state index in [-0.39, 0.29) is 80.7 Å². The number of likely N-dealkylation sites (tertiary alicyclic amines) is 1. The van der Waals surface area contributed by atoms with E-state index < -0.39 is 35.4 Å². The number of unbranched alkanes of at least 4 members (excludes halogenated alkanes) is 3. The zero-order valence-electron chi connectivity index (χ0n) is 53.1. The van der Waals surface area contributed by atoms with Crippen LogP contribution in [0, 0.1) is 17.8 Å². The van der Waals surface area contributed by atoms with Crippen LogP contribution in [0.3, 0.4) is 0 Å². The summed E-state index contributed by atoms with van der Waals surface area (Å²) in [6.07, 6.45) is 10.0. The molecule has 0 spiro atoms. The number of ether oxygens (including phenoxy) is 2. The topological polar surface area (TPSA) is 259 Å².